The predicted octanol–water partition coefficient (Wildman–Crippen LogP) is 0.788. The summed E-state index contributed by atoms with van der Waals surface area (Å²) in [5.41, 5.74) is 0. The average Bonchev–Trinajstić information content (AvgIpc) is 2.17. The molecule has 0 aromatic carbocycles. The van der Waals surface area contributed by atoms with Gasteiger partial charge in [-0.1, -0.05) is 0 Å². The summed E-state index contributed by atoms with van der Waals surface area (Å²) in [5, 5.41) is 6.14. The lowest BCUT2D eigenvalue weighted by atomic mass is 10.1. The van der Waals surface area contributed by atoms with Gasteiger partial charge in [0.2, 0.25) is 0 Å². The van der Waals surface area contributed by atoms with Gasteiger partial charge in [-0.2, -0.15) is 0 Å². The molecule has 0 aromatic rings. The molecule has 1 fully saturated rings. The molecule has 0 spiro atoms. The Morgan fingerprint density at radius 1 is 1.50 bits per heavy atom. The topological polar surface area (TPSA) is 44.4 Å². The predicted molar refractivity (Wildman–Crippen MR) is 57.3 cm³/mol. The minimum atomic E-state index is 0.0694. The Balaban J connectivity index is 2.39. The summed E-state index contributed by atoms with van der Waals surface area (Å²) in [6.45, 7) is 5.68. The molecule has 2 N–H and O–H groups in total. The first-order valence-corrected chi connectivity index (χ1v) is 5.36. The van der Waals surface area contributed by atoms with Crippen LogP contribution in [0.1, 0.15) is 26.7 Å². The second kappa shape index (κ2) is 5.20. The second-order valence-electron chi connectivity index (χ2n) is 4.18. The molecule has 2 amide bonds. The highest BCUT2D eigenvalue weighted by Crippen LogP contribution is 2.09. The lowest BCUT2D eigenvalue weighted by Gasteiger charge is -2.33. The van der Waals surface area contributed by atoms with E-state index in [-0.39, 0.29) is 12.1 Å². The number of nitrogens with one attached hydrogen (secondary N) is 2. The van der Waals surface area contributed by atoms with Crippen molar-refractivity contribution >= 4 is 6.03 Å². The van der Waals surface area contributed by atoms with Gasteiger partial charge in [0.15, 0.2) is 0 Å². The molecule has 0 aromatic heterocycles. The van der Waals surface area contributed by atoms with Gasteiger partial charge in [0.05, 0.1) is 0 Å². The van der Waals surface area contributed by atoms with Crippen LogP contribution in [0, 0.1) is 0 Å². The van der Waals surface area contributed by atoms with Crippen LogP contribution in [-0.4, -0.2) is 43.2 Å². The van der Waals surface area contributed by atoms with Crippen molar-refractivity contribution in [3.05, 3.63) is 0 Å². The molecule has 4 nitrogen and oxygen atoms in total. The first-order chi connectivity index (χ1) is 6.63. The molecule has 0 bridgehead atoms. The van der Waals surface area contributed by atoms with Crippen molar-refractivity contribution in [1.82, 2.24) is 15.5 Å². The number of piperidine rings is 1. The molecule has 0 saturated carbocycles. The monoisotopic (exact) mass is 199 g/mol. The Labute approximate surface area is 86.0 Å². The Kier molecular flexibility index (Phi) is 4.20. The molecule has 1 rings (SSSR count). The van der Waals surface area contributed by atoms with E-state index >= 15 is 0 Å². The van der Waals surface area contributed by atoms with E-state index in [1.807, 2.05) is 25.8 Å². The number of rotatable bonds is 2. The first-order valence-electron chi connectivity index (χ1n) is 5.36. The van der Waals surface area contributed by atoms with Gasteiger partial charge in [-0.25, -0.2) is 4.79 Å². The Morgan fingerprint density at radius 3 is 2.79 bits per heavy atom. The van der Waals surface area contributed by atoms with Crippen LogP contribution < -0.4 is 10.6 Å². The zero-order valence-corrected chi connectivity index (χ0v) is 9.34. The standard InChI is InChI=1S/C10H21N3O/c1-8(2)12-10(14)13-6-4-5-9(7-13)11-3/h8-9,11H,4-7H2,1-3H3,(H,12,14)/t9-/m0/s1. The molecule has 1 aliphatic heterocycles. The van der Waals surface area contributed by atoms with Crippen molar-refractivity contribution in [2.24, 2.45) is 0 Å². The molecule has 82 valence electrons. The van der Waals surface area contributed by atoms with Gasteiger partial charge >= 0.3 is 6.03 Å². The van der Waals surface area contributed by atoms with Gasteiger partial charge in [-0.15, -0.1) is 0 Å². The molecular formula is C10H21N3O. The van der Waals surface area contributed by atoms with E-state index in [9.17, 15) is 4.79 Å². The zero-order valence-electron chi connectivity index (χ0n) is 9.34. The number of hydrogen-bond acceptors (Lipinski definition) is 2. The summed E-state index contributed by atoms with van der Waals surface area (Å²) in [6, 6.07) is 0.749. The normalized spacial score (nSPS) is 22.6. The SMILES string of the molecule is CN[C@H]1CCCN(C(=O)NC(C)C)C1. The van der Waals surface area contributed by atoms with Crippen LogP contribution in [-0.2, 0) is 0 Å². The molecule has 1 aliphatic rings. The number of hydrogen-bond donors (Lipinski definition) is 2. The van der Waals surface area contributed by atoms with Crippen molar-refractivity contribution in [1.29, 1.82) is 0 Å². The summed E-state index contributed by atoms with van der Waals surface area (Å²) in [4.78, 5) is 13.6. The van der Waals surface area contributed by atoms with Gasteiger partial charge < -0.3 is 15.5 Å². The Morgan fingerprint density at radius 2 is 2.21 bits per heavy atom. The van der Waals surface area contributed by atoms with Crippen LogP contribution in [0.2, 0.25) is 0 Å². The average molecular weight is 199 g/mol. The summed E-state index contributed by atoms with van der Waals surface area (Å²) in [6.07, 6.45) is 2.26. The Bertz CT molecular complexity index is 194. The van der Waals surface area contributed by atoms with Crippen LogP contribution in [0.25, 0.3) is 0 Å². The number of likely N-dealkylation sites (N-methyl/N-ethyl adjacent to an activating group) is 1. The maximum atomic E-state index is 11.7. The molecule has 0 radical (unpaired) electrons. The highest BCUT2D eigenvalue weighted by atomic mass is 16.2. The van der Waals surface area contributed by atoms with Crippen LogP contribution in [0.15, 0.2) is 0 Å². The summed E-state index contributed by atoms with van der Waals surface area (Å²) in [5.74, 6) is 0. The highest BCUT2D eigenvalue weighted by molar-refractivity contribution is 5.74. The maximum Gasteiger partial charge on any atom is 0.317 e. The van der Waals surface area contributed by atoms with Crippen LogP contribution in [0.5, 0.6) is 0 Å². The number of urea groups is 1. The number of carbonyl (C=O) groups is 1. The fourth-order valence-electron chi connectivity index (χ4n) is 1.74. The minimum Gasteiger partial charge on any atom is -0.336 e. The third-order valence-electron chi connectivity index (χ3n) is 2.53. The van der Waals surface area contributed by atoms with Gasteiger partial charge in [0.1, 0.15) is 0 Å². The number of carbonyl (C=O) groups excluding carboxylic acids is 1. The van der Waals surface area contributed by atoms with Crippen LogP contribution in [0.3, 0.4) is 0 Å². The van der Waals surface area contributed by atoms with E-state index in [0.29, 0.717) is 6.04 Å². The summed E-state index contributed by atoms with van der Waals surface area (Å²) >= 11 is 0. The largest absolute Gasteiger partial charge is 0.336 e. The van der Waals surface area contributed by atoms with E-state index in [2.05, 4.69) is 10.6 Å². The molecule has 1 atom stereocenters. The van der Waals surface area contributed by atoms with Crippen molar-refractivity contribution in [2.75, 3.05) is 20.1 Å². The van der Waals surface area contributed by atoms with E-state index in [4.69, 9.17) is 0 Å². The Hall–Kier alpha value is -0.770. The van der Waals surface area contributed by atoms with Crippen LogP contribution >= 0.6 is 0 Å². The summed E-state index contributed by atoms with van der Waals surface area (Å²) in [7, 11) is 1.95. The van der Waals surface area contributed by atoms with Gasteiger partial charge in [0, 0.05) is 25.2 Å². The van der Waals surface area contributed by atoms with Crippen molar-refractivity contribution in [3.63, 3.8) is 0 Å². The van der Waals surface area contributed by atoms with Crippen molar-refractivity contribution in [3.8, 4) is 0 Å². The number of nitrogens with zero attached hydrogens (tertiary/aromatic N) is 1. The van der Waals surface area contributed by atoms with E-state index in [0.717, 1.165) is 19.5 Å². The van der Waals surface area contributed by atoms with E-state index in [1.165, 1.54) is 6.42 Å². The second-order valence-corrected chi connectivity index (χ2v) is 4.18. The quantitative estimate of drug-likeness (QED) is 0.690. The van der Waals surface area contributed by atoms with E-state index < -0.39 is 0 Å². The molecule has 1 heterocycles. The molecule has 0 unspecified atom stereocenters. The number of likely N-dealkylation sites (tertiary alicyclic amines) is 1. The maximum absolute atomic E-state index is 11.7. The first kappa shape index (κ1) is 11.3. The zero-order chi connectivity index (χ0) is 10.6. The lowest BCUT2D eigenvalue weighted by molar-refractivity contribution is 0.172. The molecule has 0 aliphatic carbocycles. The van der Waals surface area contributed by atoms with Gasteiger partial charge in [0.25, 0.3) is 0 Å². The fraction of sp³-hybridized carbons (Fsp3) is 0.900. The molecular weight excluding hydrogens is 178 g/mol. The van der Waals surface area contributed by atoms with Crippen molar-refractivity contribution < 1.29 is 4.79 Å². The van der Waals surface area contributed by atoms with Crippen LogP contribution in [0.4, 0.5) is 4.79 Å². The molecule has 14 heavy (non-hydrogen) atoms. The van der Waals surface area contributed by atoms with Gasteiger partial charge in [-0.3, -0.25) is 0 Å². The third kappa shape index (κ3) is 3.18. The molecule has 4 heteroatoms. The smallest absolute Gasteiger partial charge is 0.317 e. The summed E-state index contributed by atoms with van der Waals surface area (Å²) < 4.78 is 0. The van der Waals surface area contributed by atoms with Crippen molar-refractivity contribution in [2.45, 2.75) is 38.8 Å². The van der Waals surface area contributed by atoms with Gasteiger partial charge in [-0.05, 0) is 33.7 Å². The fourth-order valence-corrected chi connectivity index (χ4v) is 1.74. The van der Waals surface area contributed by atoms with E-state index in [1.54, 1.807) is 0 Å². The highest BCUT2D eigenvalue weighted by Gasteiger charge is 2.22. The number of amides is 2. The minimum absolute atomic E-state index is 0.0694. The third-order valence-corrected chi connectivity index (χ3v) is 2.53. The molecule has 1 saturated heterocycles. The lowest BCUT2D eigenvalue weighted by Crippen LogP contribution is -2.51.